The Morgan fingerprint density at radius 2 is 1.77 bits per heavy atom. The lowest BCUT2D eigenvalue weighted by Gasteiger charge is -2.27. The summed E-state index contributed by atoms with van der Waals surface area (Å²) in [5.74, 6) is 4.22. The highest BCUT2D eigenvalue weighted by atomic mass is 16.2. The summed E-state index contributed by atoms with van der Waals surface area (Å²) < 4.78 is 1.94. The molecule has 40 heavy (non-hydrogen) atoms. The third kappa shape index (κ3) is 7.97. The van der Waals surface area contributed by atoms with Crippen LogP contribution in [0.25, 0.3) is 17.2 Å². The summed E-state index contributed by atoms with van der Waals surface area (Å²) in [6.45, 7) is 4.58. The average Bonchev–Trinajstić information content (AvgIpc) is 3.39. The molecule has 0 saturated heterocycles. The van der Waals surface area contributed by atoms with Gasteiger partial charge in [-0.2, -0.15) is 5.21 Å². The zero-order valence-corrected chi connectivity index (χ0v) is 23.4. The third-order valence-electron chi connectivity index (χ3n) is 7.52. The lowest BCUT2D eigenvalue weighted by Crippen LogP contribution is -2.41. The molecule has 1 aromatic carbocycles. The fourth-order valence-corrected chi connectivity index (χ4v) is 4.95. The molecular weight excluding hydrogens is 502 g/mol. The van der Waals surface area contributed by atoms with Gasteiger partial charge in [-0.1, -0.05) is 76.1 Å². The van der Waals surface area contributed by atoms with E-state index in [0.717, 1.165) is 29.3 Å². The number of amides is 1. The number of hydrogen-bond acceptors (Lipinski definition) is 7. The largest absolute Gasteiger partial charge is 0.358 e. The number of carbonyl (C=O) groups excluding carboxylic acids is 1. The summed E-state index contributed by atoms with van der Waals surface area (Å²) in [7, 11) is 0. The Kier molecular flexibility index (Phi) is 9.15. The van der Waals surface area contributed by atoms with Crippen molar-refractivity contribution in [2.24, 2.45) is 11.8 Å². The van der Waals surface area contributed by atoms with Gasteiger partial charge in [0.15, 0.2) is 0 Å². The minimum Gasteiger partial charge on any atom is -0.358 e. The van der Waals surface area contributed by atoms with Gasteiger partial charge in [-0.25, -0.2) is 9.97 Å². The molecule has 10 heteroatoms. The Bertz CT molecular complexity index is 1330. The highest BCUT2D eigenvalue weighted by Crippen LogP contribution is 2.28. The van der Waals surface area contributed by atoms with Crippen LogP contribution in [0.1, 0.15) is 69.7 Å². The van der Waals surface area contributed by atoms with Crippen LogP contribution in [0, 0.1) is 18.8 Å². The van der Waals surface area contributed by atoms with Gasteiger partial charge >= 0.3 is 0 Å². The first-order valence-electron chi connectivity index (χ1n) is 14.4. The Hall–Kier alpha value is -4.08. The molecule has 10 nitrogen and oxygen atoms in total. The predicted molar refractivity (Wildman–Crippen MR) is 155 cm³/mol. The van der Waals surface area contributed by atoms with Crippen LogP contribution < -0.4 is 10.6 Å². The first-order valence-corrected chi connectivity index (χ1v) is 14.4. The number of nitrogens with one attached hydrogen (secondary N) is 3. The molecule has 3 N–H and O–H groups in total. The topological polar surface area (TPSA) is 126 Å². The van der Waals surface area contributed by atoms with E-state index in [9.17, 15) is 4.79 Å². The van der Waals surface area contributed by atoms with Crippen molar-refractivity contribution in [3.05, 3.63) is 66.2 Å². The van der Waals surface area contributed by atoms with E-state index in [1.165, 1.54) is 44.9 Å². The number of hydrogen-bond donors (Lipinski definition) is 3. The van der Waals surface area contributed by atoms with Crippen molar-refractivity contribution in [1.82, 2.24) is 40.5 Å². The average molecular weight is 542 g/mol. The van der Waals surface area contributed by atoms with Gasteiger partial charge in [-0.05, 0) is 48.1 Å². The molecule has 1 amide bonds. The quantitative estimate of drug-likeness (QED) is 0.264. The maximum absolute atomic E-state index is 13.4. The van der Waals surface area contributed by atoms with Crippen molar-refractivity contribution in [2.75, 3.05) is 5.32 Å². The molecule has 4 aromatic rings. The van der Waals surface area contributed by atoms with E-state index in [1.54, 1.807) is 0 Å². The van der Waals surface area contributed by atoms with Gasteiger partial charge in [-0.3, -0.25) is 4.79 Å². The van der Waals surface area contributed by atoms with Crippen molar-refractivity contribution in [3.8, 4) is 17.2 Å². The molecule has 0 aliphatic heterocycles. The van der Waals surface area contributed by atoms with Crippen LogP contribution in [-0.2, 0) is 11.3 Å². The number of tetrazole rings is 1. The van der Waals surface area contributed by atoms with Crippen LogP contribution in [0.4, 0.5) is 5.82 Å². The highest BCUT2D eigenvalue weighted by molar-refractivity contribution is 5.84. The smallest absolute Gasteiger partial charge is 0.242 e. The first kappa shape index (κ1) is 27.5. The van der Waals surface area contributed by atoms with Gasteiger partial charge in [0.05, 0.1) is 0 Å². The maximum Gasteiger partial charge on any atom is 0.242 e. The Morgan fingerprint density at radius 3 is 2.42 bits per heavy atom. The van der Waals surface area contributed by atoms with Crippen LogP contribution >= 0.6 is 0 Å². The summed E-state index contributed by atoms with van der Waals surface area (Å²) in [4.78, 5) is 22.5. The van der Waals surface area contributed by atoms with Crippen LogP contribution in [0.5, 0.6) is 0 Å². The molecule has 6 rings (SSSR count). The molecule has 3 aromatic heterocycles. The predicted octanol–water partition coefficient (Wildman–Crippen LogP) is 5.24. The normalized spacial score (nSPS) is 16.1. The summed E-state index contributed by atoms with van der Waals surface area (Å²) in [5.41, 5.74) is 1.87. The van der Waals surface area contributed by atoms with Crippen molar-refractivity contribution in [2.45, 2.75) is 77.8 Å². The number of anilines is 1. The molecule has 210 valence electrons. The second kappa shape index (κ2) is 13.3. The minimum atomic E-state index is -0.376. The SMILES string of the molecule is CC1CC1.Cc1nc(N[C@H](CC2CCCCC2)C(=O)NCc2ccc(-c3nn[nH]n3)cc2)cc(-n2cccc2)n1. The zero-order chi connectivity index (χ0) is 27.7. The first-order chi connectivity index (χ1) is 19.5. The van der Waals surface area contributed by atoms with E-state index in [2.05, 4.69) is 48.1 Å². The number of aromatic amines is 1. The van der Waals surface area contributed by atoms with Crippen molar-refractivity contribution in [3.63, 3.8) is 0 Å². The molecule has 0 radical (unpaired) electrons. The number of rotatable bonds is 9. The van der Waals surface area contributed by atoms with Gasteiger partial charge < -0.3 is 15.2 Å². The second-order valence-electron chi connectivity index (χ2n) is 11.0. The van der Waals surface area contributed by atoms with Crippen LogP contribution in [0.15, 0.2) is 54.9 Å². The van der Waals surface area contributed by atoms with Crippen molar-refractivity contribution in [1.29, 1.82) is 0 Å². The van der Waals surface area contributed by atoms with Gasteiger partial charge in [0.25, 0.3) is 0 Å². The molecule has 3 heterocycles. The summed E-state index contributed by atoms with van der Waals surface area (Å²) in [5, 5.41) is 20.6. The minimum absolute atomic E-state index is 0.0263. The van der Waals surface area contributed by atoms with E-state index >= 15 is 0 Å². The van der Waals surface area contributed by atoms with Gasteiger partial charge in [0.2, 0.25) is 11.7 Å². The molecule has 2 aliphatic carbocycles. The Balaban J connectivity index is 0.000000741. The van der Waals surface area contributed by atoms with E-state index in [4.69, 9.17) is 0 Å². The molecule has 2 aliphatic rings. The number of H-pyrrole nitrogens is 1. The third-order valence-corrected chi connectivity index (χ3v) is 7.52. The Morgan fingerprint density at radius 1 is 1.05 bits per heavy atom. The number of carbonyl (C=O) groups is 1. The highest BCUT2D eigenvalue weighted by Gasteiger charge is 2.25. The van der Waals surface area contributed by atoms with Gasteiger partial charge in [0.1, 0.15) is 23.5 Å². The molecule has 2 saturated carbocycles. The number of aromatic nitrogens is 7. The van der Waals surface area contributed by atoms with E-state index < -0.39 is 0 Å². The fourth-order valence-electron chi connectivity index (χ4n) is 4.95. The van der Waals surface area contributed by atoms with Crippen LogP contribution in [0.3, 0.4) is 0 Å². The van der Waals surface area contributed by atoms with Gasteiger partial charge in [-0.15, -0.1) is 10.2 Å². The molecule has 1 atom stereocenters. The van der Waals surface area contributed by atoms with Crippen LogP contribution in [-0.4, -0.2) is 47.1 Å². The van der Waals surface area contributed by atoms with E-state index in [1.807, 2.05) is 66.3 Å². The molecule has 2 fully saturated rings. The lowest BCUT2D eigenvalue weighted by molar-refractivity contribution is -0.122. The zero-order valence-electron chi connectivity index (χ0n) is 23.4. The Labute approximate surface area is 235 Å². The van der Waals surface area contributed by atoms with Crippen molar-refractivity contribution < 1.29 is 4.79 Å². The van der Waals surface area contributed by atoms with Gasteiger partial charge in [0, 0.05) is 30.6 Å². The standard InChI is InChI=1S/C26H31N9O.C4H8/c1-18-28-23(16-24(29-18)35-13-5-6-14-35)30-22(15-19-7-3-2-4-8-19)26(36)27-17-20-9-11-21(12-10-20)25-31-33-34-32-25;1-4-2-3-4/h5-6,9-14,16,19,22H,2-4,7-8,15,17H2,1H3,(H,27,36)(H,28,29,30)(H,31,32,33,34);4H,2-3H2,1H3/t22-;/m1./s1. The number of benzene rings is 1. The molecule has 0 bridgehead atoms. The van der Waals surface area contributed by atoms with E-state index in [0.29, 0.717) is 29.9 Å². The summed E-state index contributed by atoms with van der Waals surface area (Å²) >= 11 is 0. The van der Waals surface area contributed by atoms with E-state index in [-0.39, 0.29) is 11.9 Å². The van der Waals surface area contributed by atoms with Crippen LogP contribution in [0.2, 0.25) is 0 Å². The molecular formula is C30H39N9O. The second-order valence-corrected chi connectivity index (χ2v) is 11.0. The monoisotopic (exact) mass is 541 g/mol. The molecule has 0 spiro atoms. The molecule has 0 unspecified atom stereocenters. The number of nitrogens with zero attached hydrogens (tertiary/aromatic N) is 6. The summed E-state index contributed by atoms with van der Waals surface area (Å²) in [6, 6.07) is 13.2. The number of aryl methyl sites for hydroxylation is 1. The summed E-state index contributed by atoms with van der Waals surface area (Å²) in [6.07, 6.45) is 13.7. The lowest BCUT2D eigenvalue weighted by atomic mass is 9.84. The van der Waals surface area contributed by atoms with Crippen molar-refractivity contribution >= 4 is 11.7 Å². The maximum atomic E-state index is 13.4. The fraction of sp³-hybridized carbons (Fsp3) is 0.467.